The van der Waals surface area contributed by atoms with Crippen LogP contribution < -0.4 is 5.56 Å². The Morgan fingerprint density at radius 2 is 1.85 bits per heavy atom. The van der Waals surface area contributed by atoms with Crippen molar-refractivity contribution in [3.63, 3.8) is 0 Å². The van der Waals surface area contributed by atoms with E-state index in [-0.39, 0.29) is 22.9 Å². The van der Waals surface area contributed by atoms with E-state index in [9.17, 15) is 9.59 Å². The minimum absolute atomic E-state index is 0.0322. The van der Waals surface area contributed by atoms with E-state index < -0.39 is 0 Å². The van der Waals surface area contributed by atoms with Gasteiger partial charge in [0.05, 0.1) is 23.7 Å². The summed E-state index contributed by atoms with van der Waals surface area (Å²) in [5.41, 5.74) is 3.87. The third-order valence-corrected chi connectivity index (χ3v) is 8.90. The van der Waals surface area contributed by atoms with Gasteiger partial charge in [-0.2, -0.15) is 0 Å². The molecule has 0 N–H and O–H groups in total. The van der Waals surface area contributed by atoms with Crippen molar-refractivity contribution in [2.24, 2.45) is 5.41 Å². The summed E-state index contributed by atoms with van der Waals surface area (Å²) >= 11 is 1.70. The van der Waals surface area contributed by atoms with Gasteiger partial charge >= 0.3 is 0 Å². The smallest absolute Gasteiger partial charge is 0.252 e. The van der Waals surface area contributed by atoms with Crippen LogP contribution in [-0.4, -0.2) is 47.4 Å². The molecule has 33 heavy (non-hydrogen) atoms. The summed E-state index contributed by atoms with van der Waals surface area (Å²) < 4.78 is 7.16. The number of aromatic nitrogens is 1. The molecule has 3 fully saturated rings. The van der Waals surface area contributed by atoms with Crippen molar-refractivity contribution in [1.82, 2.24) is 9.47 Å². The Labute approximate surface area is 196 Å². The Morgan fingerprint density at radius 1 is 1.06 bits per heavy atom. The van der Waals surface area contributed by atoms with Gasteiger partial charge in [-0.1, -0.05) is 42.5 Å². The van der Waals surface area contributed by atoms with Gasteiger partial charge in [0.2, 0.25) is 5.91 Å². The molecule has 4 aliphatic rings. The molecule has 4 heterocycles. The van der Waals surface area contributed by atoms with Crippen LogP contribution in [-0.2, 0) is 16.0 Å². The number of fused-ring (bicyclic) bond motifs is 2. The molecular weight excluding hydrogens is 432 g/mol. The van der Waals surface area contributed by atoms with Crippen LogP contribution in [0.25, 0.3) is 10.8 Å². The second-order valence-electron chi connectivity index (χ2n) is 10.2. The number of amides is 1. The number of hydrogen-bond donors (Lipinski definition) is 0. The van der Waals surface area contributed by atoms with Gasteiger partial charge in [0.15, 0.2) is 0 Å². The highest BCUT2D eigenvalue weighted by Crippen LogP contribution is 2.49. The molecular formula is C27H26N2O3S. The van der Waals surface area contributed by atoms with Gasteiger partial charge < -0.3 is 9.64 Å². The fraction of sp³-hybridized carbons (Fsp3) is 0.407. The van der Waals surface area contributed by atoms with Crippen molar-refractivity contribution in [2.75, 3.05) is 32.1 Å². The summed E-state index contributed by atoms with van der Waals surface area (Å²) in [6.07, 6.45) is 3.09. The molecule has 1 aromatic heterocycles. The van der Waals surface area contributed by atoms with Crippen molar-refractivity contribution in [1.29, 1.82) is 0 Å². The van der Waals surface area contributed by atoms with E-state index in [1.165, 1.54) is 34.7 Å². The Balaban J connectivity index is 1.25. The van der Waals surface area contributed by atoms with Gasteiger partial charge in [0.25, 0.3) is 5.56 Å². The quantitative estimate of drug-likeness (QED) is 0.594. The molecule has 6 heteroatoms. The molecule has 2 saturated heterocycles. The number of benzene rings is 2. The molecule has 7 rings (SSSR count). The first-order chi connectivity index (χ1) is 16.1. The Hall–Kier alpha value is -2.57. The number of carbonyl (C=O) groups is 1. The molecule has 1 spiro atoms. The zero-order valence-corrected chi connectivity index (χ0v) is 19.3. The maximum Gasteiger partial charge on any atom is 0.252 e. The number of nitrogens with zero attached hydrogens (tertiary/aromatic N) is 2. The Morgan fingerprint density at radius 3 is 2.61 bits per heavy atom. The van der Waals surface area contributed by atoms with Crippen molar-refractivity contribution >= 4 is 28.4 Å². The monoisotopic (exact) mass is 458 g/mol. The first-order valence-corrected chi connectivity index (χ1v) is 12.8. The molecule has 5 nitrogen and oxygen atoms in total. The molecule has 0 bridgehead atoms. The number of ether oxygens (including phenoxy) is 1. The van der Waals surface area contributed by atoms with E-state index in [1.54, 1.807) is 11.8 Å². The lowest BCUT2D eigenvalue weighted by Gasteiger charge is -2.55. The molecule has 1 saturated carbocycles. The zero-order chi connectivity index (χ0) is 22.2. The van der Waals surface area contributed by atoms with E-state index in [0.29, 0.717) is 11.7 Å². The van der Waals surface area contributed by atoms with Crippen LogP contribution in [0.1, 0.15) is 41.5 Å². The van der Waals surface area contributed by atoms with Crippen LogP contribution in [0.3, 0.4) is 0 Å². The van der Waals surface area contributed by atoms with Crippen LogP contribution in [0.4, 0.5) is 0 Å². The van der Waals surface area contributed by atoms with Gasteiger partial charge in [0.1, 0.15) is 6.04 Å². The van der Waals surface area contributed by atoms with Gasteiger partial charge in [-0.05, 0) is 52.6 Å². The van der Waals surface area contributed by atoms with Crippen LogP contribution >= 0.6 is 11.8 Å². The average Bonchev–Trinajstić information content (AvgIpc) is 3.49. The molecule has 2 aromatic carbocycles. The van der Waals surface area contributed by atoms with Crippen LogP contribution in [0.2, 0.25) is 0 Å². The van der Waals surface area contributed by atoms with E-state index in [4.69, 9.17) is 4.74 Å². The van der Waals surface area contributed by atoms with Crippen molar-refractivity contribution in [3.8, 4) is 0 Å². The summed E-state index contributed by atoms with van der Waals surface area (Å²) in [6.45, 7) is 3.06. The lowest BCUT2D eigenvalue weighted by Crippen LogP contribution is -2.68. The highest BCUT2D eigenvalue weighted by molar-refractivity contribution is 7.99. The van der Waals surface area contributed by atoms with E-state index in [0.717, 1.165) is 43.3 Å². The normalized spacial score (nSPS) is 22.8. The molecule has 1 aliphatic carbocycles. The largest absolute Gasteiger partial charge is 0.380 e. The Kier molecular flexibility index (Phi) is 4.34. The van der Waals surface area contributed by atoms with E-state index >= 15 is 0 Å². The third-order valence-electron chi connectivity index (χ3n) is 7.73. The molecule has 0 radical (unpaired) electrons. The highest BCUT2D eigenvalue weighted by atomic mass is 32.2. The van der Waals surface area contributed by atoms with Crippen molar-refractivity contribution < 1.29 is 9.53 Å². The molecule has 168 valence electrons. The average molecular weight is 459 g/mol. The van der Waals surface area contributed by atoms with Gasteiger partial charge in [-0.15, -0.1) is 11.8 Å². The van der Waals surface area contributed by atoms with E-state index in [1.807, 2.05) is 15.5 Å². The van der Waals surface area contributed by atoms with E-state index in [2.05, 4.69) is 42.5 Å². The second-order valence-corrected chi connectivity index (χ2v) is 11.2. The minimum Gasteiger partial charge on any atom is -0.380 e. The highest BCUT2D eigenvalue weighted by Gasteiger charge is 2.52. The predicted molar refractivity (Wildman–Crippen MR) is 129 cm³/mol. The number of carbonyl (C=O) groups excluding carboxylic acids is 1. The fourth-order valence-corrected chi connectivity index (χ4v) is 7.25. The zero-order valence-electron chi connectivity index (χ0n) is 18.5. The maximum atomic E-state index is 13.4. The summed E-state index contributed by atoms with van der Waals surface area (Å²) in [5, 5.41) is 3.51. The molecule has 1 atom stereocenters. The number of rotatable bonds is 4. The molecule has 1 amide bonds. The lowest BCUT2D eigenvalue weighted by molar-refractivity contribution is -0.196. The third kappa shape index (κ3) is 3.11. The molecule has 3 aromatic rings. The number of hydrogen-bond acceptors (Lipinski definition) is 4. The number of thioether (sulfide) groups is 1. The first-order valence-electron chi connectivity index (χ1n) is 11.9. The number of pyridine rings is 1. The van der Waals surface area contributed by atoms with Gasteiger partial charge in [0, 0.05) is 24.9 Å². The summed E-state index contributed by atoms with van der Waals surface area (Å²) in [6, 6.07) is 16.3. The summed E-state index contributed by atoms with van der Waals surface area (Å²) in [5.74, 6) is 1.27. The lowest BCUT2D eigenvalue weighted by atomic mass is 9.78. The molecule has 0 unspecified atom stereocenters. The maximum absolute atomic E-state index is 13.4. The summed E-state index contributed by atoms with van der Waals surface area (Å²) in [7, 11) is 0. The van der Waals surface area contributed by atoms with Crippen LogP contribution in [0, 0.1) is 5.41 Å². The summed E-state index contributed by atoms with van der Waals surface area (Å²) in [4.78, 5) is 28.6. The second kappa shape index (κ2) is 7.21. The molecule has 3 aliphatic heterocycles. The van der Waals surface area contributed by atoms with Crippen LogP contribution in [0.5, 0.6) is 0 Å². The minimum atomic E-state index is -0.375. The SMILES string of the molecule is O=C([C@@H]1CSc2c(C3CC3)c(Cc3cccc4ccccc34)cc(=O)n21)N1CC2(COC2)C1. The van der Waals surface area contributed by atoms with Crippen molar-refractivity contribution in [2.45, 2.75) is 36.2 Å². The predicted octanol–water partition coefficient (Wildman–Crippen LogP) is 3.98. The van der Waals surface area contributed by atoms with Gasteiger partial charge in [-0.3, -0.25) is 14.2 Å². The topological polar surface area (TPSA) is 51.5 Å². The van der Waals surface area contributed by atoms with Crippen molar-refractivity contribution in [3.05, 3.63) is 75.6 Å². The van der Waals surface area contributed by atoms with Crippen LogP contribution in [0.15, 0.2) is 58.4 Å². The first kappa shape index (κ1) is 19.9. The van der Waals surface area contributed by atoms with Gasteiger partial charge in [-0.25, -0.2) is 0 Å². The number of likely N-dealkylation sites (tertiary alicyclic amines) is 1. The standard InChI is InChI=1S/C27H26N2O3S/c30-23-11-20(10-19-6-3-5-17-4-1-2-7-21(17)19)24(18-8-9-18)26-29(23)22(12-33-26)25(31)28-13-27(14-28)15-32-16-27/h1-7,11,18,22H,8-10,12-16H2/t22-/m0/s1. The Bertz CT molecular complexity index is 1340. The fourth-order valence-electron chi connectivity index (χ4n) is 5.83.